The molecule has 17 heavy (non-hydrogen) atoms. The summed E-state index contributed by atoms with van der Waals surface area (Å²) in [5.41, 5.74) is 1.13. The van der Waals surface area contributed by atoms with E-state index in [2.05, 4.69) is 28.2 Å². The van der Waals surface area contributed by atoms with Crippen LogP contribution in [0, 0.1) is 5.82 Å². The van der Waals surface area contributed by atoms with Gasteiger partial charge in [0.1, 0.15) is 5.82 Å². The number of halogens is 2. The van der Waals surface area contributed by atoms with E-state index in [0.717, 1.165) is 10.0 Å². The first kappa shape index (κ1) is 13.4. The molecule has 0 radical (unpaired) electrons. The van der Waals surface area contributed by atoms with Gasteiger partial charge in [0.2, 0.25) is 0 Å². The first-order valence-corrected chi connectivity index (χ1v) is 7.90. The molecule has 0 spiro atoms. The Labute approximate surface area is 115 Å². The summed E-state index contributed by atoms with van der Waals surface area (Å²) < 4.78 is 13.9. The zero-order chi connectivity index (χ0) is 12.3. The van der Waals surface area contributed by atoms with Crippen molar-refractivity contribution in [2.45, 2.75) is 31.8 Å². The standard InChI is InChI=1S/C13H17BrFNS/c1-9(16-11-3-2-6-17-8-11)12-5-4-10(15)7-13(12)14/h4-5,7,9,11,16H,2-3,6,8H2,1H3. The van der Waals surface area contributed by atoms with E-state index in [1.807, 2.05) is 17.8 Å². The van der Waals surface area contributed by atoms with Gasteiger partial charge in [0, 0.05) is 22.3 Å². The number of hydrogen-bond donors (Lipinski definition) is 1. The van der Waals surface area contributed by atoms with Crippen molar-refractivity contribution < 1.29 is 4.39 Å². The van der Waals surface area contributed by atoms with Crippen molar-refractivity contribution in [3.05, 3.63) is 34.1 Å². The third-order valence-electron chi connectivity index (χ3n) is 3.08. The lowest BCUT2D eigenvalue weighted by Gasteiger charge is -2.27. The van der Waals surface area contributed by atoms with Gasteiger partial charge in [-0.3, -0.25) is 0 Å². The molecule has 1 aromatic carbocycles. The van der Waals surface area contributed by atoms with E-state index in [9.17, 15) is 4.39 Å². The van der Waals surface area contributed by atoms with Crippen molar-refractivity contribution in [2.75, 3.05) is 11.5 Å². The third-order valence-corrected chi connectivity index (χ3v) is 4.98. The van der Waals surface area contributed by atoms with Gasteiger partial charge in [-0.05, 0) is 43.2 Å². The summed E-state index contributed by atoms with van der Waals surface area (Å²) in [6.45, 7) is 2.14. The van der Waals surface area contributed by atoms with E-state index in [1.54, 1.807) is 0 Å². The molecule has 1 N–H and O–H groups in total. The lowest BCUT2D eigenvalue weighted by atomic mass is 10.1. The van der Waals surface area contributed by atoms with Crippen LogP contribution in [-0.4, -0.2) is 17.5 Å². The van der Waals surface area contributed by atoms with Gasteiger partial charge in [0.05, 0.1) is 0 Å². The van der Waals surface area contributed by atoms with Crippen LogP contribution >= 0.6 is 27.7 Å². The summed E-state index contributed by atoms with van der Waals surface area (Å²) in [7, 11) is 0. The maximum absolute atomic E-state index is 13.0. The number of benzene rings is 1. The quantitative estimate of drug-likeness (QED) is 0.899. The monoisotopic (exact) mass is 317 g/mol. The zero-order valence-corrected chi connectivity index (χ0v) is 12.3. The molecule has 4 heteroatoms. The molecule has 2 rings (SSSR count). The highest BCUT2D eigenvalue weighted by atomic mass is 79.9. The van der Waals surface area contributed by atoms with Crippen molar-refractivity contribution in [3.8, 4) is 0 Å². The van der Waals surface area contributed by atoms with Gasteiger partial charge in [0.15, 0.2) is 0 Å². The van der Waals surface area contributed by atoms with Crippen LogP contribution in [0.3, 0.4) is 0 Å². The molecule has 0 bridgehead atoms. The van der Waals surface area contributed by atoms with Gasteiger partial charge in [-0.15, -0.1) is 0 Å². The fourth-order valence-electron chi connectivity index (χ4n) is 2.17. The SMILES string of the molecule is CC(NC1CCCSC1)c1ccc(F)cc1Br. The van der Waals surface area contributed by atoms with E-state index in [4.69, 9.17) is 0 Å². The Balaban J connectivity index is 2.00. The molecule has 1 aliphatic rings. The molecule has 1 fully saturated rings. The Morgan fingerprint density at radius 3 is 3.00 bits per heavy atom. The summed E-state index contributed by atoms with van der Waals surface area (Å²) in [6.07, 6.45) is 2.54. The van der Waals surface area contributed by atoms with Crippen LogP contribution in [0.25, 0.3) is 0 Å². The van der Waals surface area contributed by atoms with Crippen LogP contribution in [0.4, 0.5) is 4.39 Å². The maximum Gasteiger partial charge on any atom is 0.124 e. The lowest BCUT2D eigenvalue weighted by Crippen LogP contribution is -2.35. The predicted octanol–water partition coefficient (Wildman–Crippen LogP) is 4.13. The molecule has 0 aromatic heterocycles. The molecule has 1 saturated heterocycles. The minimum absolute atomic E-state index is 0.193. The Morgan fingerprint density at radius 2 is 2.35 bits per heavy atom. The first-order chi connectivity index (χ1) is 8.16. The topological polar surface area (TPSA) is 12.0 Å². The highest BCUT2D eigenvalue weighted by Crippen LogP contribution is 2.26. The largest absolute Gasteiger partial charge is 0.307 e. The van der Waals surface area contributed by atoms with Crippen LogP contribution in [0.1, 0.15) is 31.4 Å². The number of rotatable bonds is 3. The second kappa shape index (κ2) is 6.21. The van der Waals surface area contributed by atoms with Gasteiger partial charge < -0.3 is 5.32 Å². The van der Waals surface area contributed by atoms with Crippen LogP contribution in [0.5, 0.6) is 0 Å². The fraction of sp³-hybridized carbons (Fsp3) is 0.538. The third kappa shape index (κ3) is 3.70. The molecule has 1 nitrogen and oxygen atoms in total. The lowest BCUT2D eigenvalue weighted by molar-refractivity contribution is 0.451. The van der Waals surface area contributed by atoms with Crippen molar-refractivity contribution in [1.29, 1.82) is 0 Å². The highest BCUT2D eigenvalue weighted by molar-refractivity contribution is 9.10. The average Bonchev–Trinajstić information content (AvgIpc) is 2.30. The molecule has 1 heterocycles. The normalized spacial score (nSPS) is 22.4. The Kier molecular flexibility index (Phi) is 4.88. The fourth-order valence-corrected chi connectivity index (χ4v) is 3.95. The van der Waals surface area contributed by atoms with Crippen LogP contribution in [0.2, 0.25) is 0 Å². The van der Waals surface area contributed by atoms with Gasteiger partial charge in [0.25, 0.3) is 0 Å². The highest BCUT2D eigenvalue weighted by Gasteiger charge is 2.17. The van der Waals surface area contributed by atoms with Gasteiger partial charge in [-0.2, -0.15) is 11.8 Å². The summed E-state index contributed by atoms with van der Waals surface area (Å²) in [6, 6.07) is 5.75. The number of nitrogens with one attached hydrogen (secondary N) is 1. The van der Waals surface area contributed by atoms with E-state index < -0.39 is 0 Å². The summed E-state index contributed by atoms with van der Waals surface area (Å²) in [4.78, 5) is 0. The zero-order valence-electron chi connectivity index (χ0n) is 9.88. The Bertz CT molecular complexity index is 380. The molecule has 2 atom stereocenters. The molecule has 0 saturated carbocycles. The van der Waals surface area contributed by atoms with E-state index in [-0.39, 0.29) is 11.9 Å². The second-order valence-electron chi connectivity index (χ2n) is 4.47. The predicted molar refractivity (Wildman–Crippen MR) is 76.0 cm³/mol. The second-order valence-corrected chi connectivity index (χ2v) is 6.47. The molecule has 0 amide bonds. The smallest absolute Gasteiger partial charge is 0.124 e. The minimum atomic E-state index is -0.193. The van der Waals surface area contributed by atoms with E-state index in [1.165, 1.54) is 36.5 Å². The first-order valence-electron chi connectivity index (χ1n) is 5.95. The van der Waals surface area contributed by atoms with E-state index >= 15 is 0 Å². The number of thioether (sulfide) groups is 1. The maximum atomic E-state index is 13.0. The van der Waals surface area contributed by atoms with E-state index in [0.29, 0.717) is 6.04 Å². The Hall–Kier alpha value is -0.0600. The van der Waals surface area contributed by atoms with Crippen LogP contribution in [-0.2, 0) is 0 Å². The van der Waals surface area contributed by atoms with Crippen molar-refractivity contribution in [3.63, 3.8) is 0 Å². The molecule has 1 aliphatic heterocycles. The van der Waals surface area contributed by atoms with Crippen molar-refractivity contribution in [2.24, 2.45) is 0 Å². The van der Waals surface area contributed by atoms with Gasteiger partial charge >= 0.3 is 0 Å². The van der Waals surface area contributed by atoms with Gasteiger partial charge in [-0.1, -0.05) is 22.0 Å². The summed E-state index contributed by atoms with van der Waals surface area (Å²) >= 11 is 5.44. The van der Waals surface area contributed by atoms with Crippen LogP contribution in [0.15, 0.2) is 22.7 Å². The molecule has 94 valence electrons. The summed E-state index contributed by atoms with van der Waals surface area (Å²) in [5.74, 6) is 2.27. The molecular weight excluding hydrogens is 301 g/mol. The van der Waals surface area contributed by atoms with Gasteiger partial charge in [-0.25, -0.2) is 4.39 Å². The van der Waals surface area contributed by atoms with Crippen molar-refractivity contribution >= 4 is 27.7 Å². The van der Waals surface area contributed by atoms with Crippen molar-refractivity contribution in [1.82, 2.24) is 5.32 Å². The summed E-state index contributed by atoms with van der Waals surface area (Å²) in [5, 5.41) is 3.62. The van der Waals surface area contributed by atoms with Crippen LogP contribution < -0.4 is 5.32 Å². The minimum Gasteiger partial charge on any atom is -0.307 e. The Morgan fingerprint density at radius 1 is 1.53 bits per heavy atom. The molecule has 2 unspecified atom stereocenters. The molecule has 1 aromatic rings. The number of hydrogen-bond acceptors (Lipinski definition) is 2. The molecule has 0 aliphatic carbocycles. The molecular formula is C13H17BrFNS. The average molecular weight is 318 g/mol.